The van der Waals surface area contributed by atoms with Crippen molar-refractivity contribution >= 4 is 0 Å². The molecule has 0 amide bonds. The van der Waals surface area contributed by atoms with Crippen molar-refractivity contribution in [1.82, 2.24) is 16.5 Å². The zero-order valence-corrected chi connectivity index (χ0v) is 8.92. The Morgan fingerprint density at radius 2 is 1.79 bits per heavy atom. The first-order valence-corrected chi connectivity index (χ1v) is 5.24. The van der Waals surface area contributed by atoms with E-state index in [2.05, 4.69) is 33.9 Å². The number of unbranched alkanes of at least 4 members (excludes halogenated alkanes) is 5. The van der Waals surface area contributed by atoms with Gasteiger partial charge in [0.2, 0.25) is 0 Å². The summed E-state index contributed by atoms with van der Waals surface area (Å²) in [6, 6.07) is 0. The minimum Gasteiger partial charge on any atom is -0.303 e. The van der Waals surface area contributed by atoms with Crippen LogP contribution in [-0.4, -0.2) is 6.54 Å². The molecule has 0 atom stereocenters. The van der Waals surface area contributed by atoms with Gasteiger partial charge in [-0.1, -0.05) is 44.3 Å². The van der Waals surface area contributed by atoms with E-state index in [9.17, 15) is 0 Å². The third-order valence-corrected chi connectivity index (χ3v) is 1.91. The lowest BCUT2D eigenvalue weighted by Gasteiger charge is -2.04. The highest BCUT2D eigenvalue weighted by Gasteiger charge is 1.89. The van der Waals surface area contributed by atoms with Crippen LogP contribution in [0.15, 0.2) is 10.4 Å². The Morgan fingerprint density at radius 1 is 1.07 bits per heavy atom. The van der Waals surface area contributed by atoms with Crippen molar-refractivity contribution in [2.24, 2.45) is 16.3 Å². The van der Waals surface area contributed by atoms with E-state index in [1.54, 1.807) is 0 Å². The second kappa shape index (κ2) is 12.1. The van der Waals surface area contributed by atoms with E-state index in [4.69, 9.17) is 5.84 Å². The highest BCUT2D eigenvalue weighted by Crippen LogP contribution is 2.03. The standard InChI is InChI=1S/C8H22N6/c1-2-3-4-5-6-7-8-10-12-14-13-11-9/h2-8H2,1H3,(H3,9,12,13)(H2,10,11,14). The van der Waals surface area contributed by atoms with Gasteiger partial charge >= 0.3 is 0 Å². The van der Waals surface area contributed by atoms with Crippen LogP contribution in [0.4, 0.5) is 0 Å². The summed E-state index contributed by atoms with van der Waals surface area (Å²) >= 11 is 0. The molecule has 0 aliphatic rings. The van der Waals surface area contributed by atoms with E-state index >= 15 is 0 Å². The van der Waals surface area contributed by atoms with Crippen LogP contribution in [0.3, 0.4) is 0 Å². The van der Waals surface area contributed by atoms with Crippen molar-refractivity contribution in [3.8, 4) is 0 Å². The molecule has 0 aliphatic heterocycles. The zero-order valence-electron chi connectivity index (χ0n) is 8.92. The maximum absolute atomic E-state index is 4.77. The monoisotopic (exact) mass is 202 g/mol. The molecule has 0 saturated heterocycles. The molecule has 0 bridgehead atoms. The van der Waals surface area contributed by atoms with Crippen molar-refractivity contribution in [3.05, 3.63) is 0 Å². The number of hydrazine groups is 2. The molecule has 84 valence electrons. The Labute approximate surface area is 85.6 Å². The molecule has 6 nitrogen and oxygen atoms in total. The fourth-order valence-electron chi connectivity index (χ4n) is 1.15. The first-order valence-electron chi connectivity index (χ1n) is 5.24. The predicted molar refractivity (Wildman–Crippen MR) is 56.7 cm³/mol. The van der Waals surface area contributed by atoms with E-state index in [1.165, 1.54) is 32.1 Å². The molecule has 6 heteroatoms. The van der Waals surface area contributed by atoms with Crippen molar-refractivity contribution in [3.63, 3.8) is 0 Å². The summed E-state index contributed by atoms with van der Waals surface area (Å²) in [6.07, 6.45) is 7.76. The lowest BCUT2D eigenvalue weighted by Crippen LogP contribution is -2.40. The zero-order chi connectivity index (χ0) is 10.5. The van der Waals surface area contributed by atoms with E-state index in [-0.39, 0.29) is 0 Å². The number of nitrogens with zero attached hydrogens (tertiary/aromatic N) is 2. The topological polar surface area (TPSA) is 86.8 Å². The number of rotatable bonds is 10. The third-order valence-electron chi connectivity index (χ3n) is 1.91. The first kappa shape index (κ1) is 13.1. The molecule has 5 N–H and O–H groups in total. The Morgan fingerprint density at radius 3 is 2.50 bits per heavy atom. The van der Waals surface area contributed by atoms with Crippen molar-refractivity contribution in [2.45, 2.75) is 45.4 Å². The van der Waals surface area contributed by atoms with Gasteiger partial charge < -0.3 is 5.84 Å². The maximum atomic E-state index is 4.77. The second-order valence-electron chi connectivity index (χ2n) is 3.15. The van der Waals surface area contributed by atoms with Crippen LogP contribution in [0.1, 0.15) is 45.4 Å². The third kappa shape index (κ3) is 11.1. The van der Waals surface area contributed by atoms with E-state index in [0.29, 0.717) is 0 Å². The lowest BCUT2D eigenvalue weighted by molar-refractivity contribution is 0.420. The molecule has 0 heterocycles. The highest BCUT2D eigenvalue weighted by molar-refractivity contribution is 4.45. The number of nitrogens with one attached hydrogen (secondary N) is 3. The van der Waals surface area contributed by atoms with Crippen LogP contribution in [0.5, 0.6) is 0 Å². The van der Waals surface area contributed by atoms with Gasteiger partial charge in [0.1, 0.15) is 0 Å². The van der Waals surface area contributed by atoms with Crippen LogP contribution in [0, 0.1) is 0 Å². The summed E-state index contributed by atoms with van der Waals surface area (Å²) in [6.45, 7) is 3.14. The van der Waals surface area contributed by atoms with Crippen molar-refractivity contribution < 1.29 is 0 Å². The van der Waals surface area contributed by atoms with Gasteiger partial charge in [0.15, 0.2) is 0 Å². The molecule has 0 aromatic heterocycles. The van der Waals surface area contributed by atoms with Gasteiger partial charge in [-0.25, -0.2) is 11.0 Å². The largest absolute Gasteiger partial charge is 0.303 e. The minimum atomic E-state index is 0.916. The van der Waals surface area contributed by atoms with Gasteiger partial charge in [0, 0.05) is 6.54 Å². The normalized spacial score (nSPS) is 10.9. The summed E-state index contributed by atoms with van der Waals surface area (Å²) in [7, 11) is 0. The van der Waals surface area contributed by atoms with Crippen LogP contribution < -0.4 is 22.3 Å². The molecule has 0 fully saturated rings. The molecule has 0 spiro atoms. The van der Waals surface area contributed by atoms with Crippen LogP contribution in [-0.2, 0) is 0 Å². The quantitative estimate of drug-likeness (QED) is 0.185. The molecular formula is C8H22N6. The smallest absolute Gasteiger partial charge is 0.0118 e. The van der Waals surface area contributed by atoms with Crippen LogP contribution >= 0.6 is 0 Å². The maximum Gasteiger partial charge on any atom is 0.0118 e. The number of hydrogen-bond donors (Lipinski definition) is 4. The molecule has 0 unspecified atom stereocenters. The molecule has 0 rings (SSSR count). The van der Waals surface area contributed by atoms with Crippen molar-refractivity contribution in [2.75, 3.05) is 6.54 Å². The van der Waals surface area contributed by atoms with Crippen molar-refractivity contribution in [1.29, 1.82) is 0 Å². The molecule has 0 radical (unpaired) electrons. The van der Waals surface area contributed by atoms with Gasteiger partial charge in [-0.05, 0) is 11.6 Å². The number of hydrogen-bond acceptors (Lipinski definition) is 4. The van der Waals surface area contributed by atoms with Crippen LogP contribution in [0.25, 0.3) is 0 Å². The fraction of sp³-hybridized carbons (Fsp3) is 1.00. The summed E-state index contributed by atoms with van der Waals surface area (Å²) in [4.78, 5) is 0. The average Bonchev–Trinajstić information content (AvgIpc) is 2.21. The molecule has 0 saturated carbocycles. The molecule has 14 heavy (non-hydrogen) atoms. The highest BCUT2D eigenvalue weighted by atomic mass is 15.7. The first-order chi connectivity index (χ1) is 6.91. The summed E-state index contributed by atoms with van der Waals surface area (Å²) in [5.41, 5.74) is 8.01. The average molecular weight is 202 g/mol. The minimum absolute atomic E-state index is 0.916. The second-order valence-corrected chi connectivity index (χ2v) is 3.15. The molecular weight excluding hydrogens is 180 g/mol. The Bertz CT molecular complexity index is 127. The lowest BCUT2D eigenvalue weighted by atomic mass is 10.1. The Hall–Kier alpha value is -0.880. The predicted octanol–water partition coefficient (Wildman–Crippen LogP) is 1.19. The summed E-state index contributed by atoms with van der Waals surface area (Å²) in [5.74, 6) is 4.77. The molecule has 0 aromatic carbocycles. The van der Waals surface area contributed by atoms with Gasteiger partial charge in [-0.2, -0.15) is 5.53 Å². The molecule has 0 aliphatic carbocycles. The number of nitrogens with two attached hydrogens (primary N) is 1. The molecule has 0 aromatic rings. The summed E-state index contributed by atoms with van der Waals surface area (Å²) < 4.78 is 0. The van der Waals surface area contributed by atoms with E-state index in [0.717, 1.165) is 13.0 Å². The van der Waals surface area contributed by atoms with Crippen LogP contribution in [0.2, 0.25) is 0 Å². The van der Waals surface area contributed by atoms with Gasteiger partial charge in [-0.15, -0.1) is 0 Å². The fourth-order valence-corrected chi connectivity index (χ4v) is 1.15. The van der Waals surface area contributed by atoms with E-state index in [1.807, 2.05) is 0 Å². The van der Waals surface area contributed by atoms with Gasteiger partial charge in [0.25, 0.3) is 0 Å². The Balaban J connectivity index is 2.85. The van der Waals surface area contributed by atoms with E-state index < -0.39 is 0 Å². The Kier molecular flexibility index (Phi) is 11.4. The SMILES string of the molecule is CCCCCCCCNNN/N=N/N. The van der Waals surface area contributed by atoms with Gasteiger partial charge in [0.05, 0.1) is 0 Å². The summed E-state index contributed by atoms with van der Waals surface area (Å²) in [5, 5.41) is 6.32. The van der Waals surface area contributed by atoms with Gasteiger partial charge in [-0.3, -0.25) is 0 Å².